The number of aromatic nitrogens is 2. The zero-order chi connectivity index (χ0) is 16.4. The van der Waals surface area contributed by atoms with Gasteiger partial charge in [-0.1, -0.05) is 42.1 Å². The van der Waals surface area contributed by atoms with Gasteiger partial charge in [-0.25, -0.2) is 4.98 Å². The Labute approximate surface area is 139 Å². The number of amides is 1. The number of carbonyl (C=O) groups excluding carboxylic acids is 1. The molecule has 1 aliphatic rings. The molecule has 3 rings (SSSR count). The zero-order valence-corrected chi connectivity index (χ0v) is 14.0. The Kier molecular flexibility index (Phi) is 4.52. The van der Waals surface area contributed by atoms with E-state index >= 15 is 0 Å². The zero-order valence-electron chi connectivity index (χ0n) is 13.2. The number of hydrogen-bond acceptors (Lipinski definition) is 4. The maximum absolute atomic E-state index is 12.5. The molecule has 2 atom stereocenters. The van der Waals surface area contributed by atoms with Gasteiger partial charge in [-0.2, -0.15) is 0 Å². The second-order valence-corrected chi connectivity index (χ2v) is 6.78. The molecule has 120 valence electrons. The third-order valence-electron chi connectivity index (χ3n) is 4.03. The lowest BCUT2D eigenvalue weighted by Gasteiger charge is -2.25. The average Bonchev–Trinajstić information content (AvgIpc) is 2.58. The second-order valence-electron chi connectivity index (χ2n) is 5.79. The number of nitrogens with zero attached hydrogens (tertiary/aromatic N) is 2. The fourth-order valence-electron chi connectivity index (χ4n) is 2.62. The van der Waals surface area contributed by atoms with Crippen LogP contribution in [0.2, 0.25) is 0 Å². The van der Waals surface area contributed by atoms with Gasteiger partial charge in [0.1, 0.15) is 0 Å². The molecule has 0 spiro atoms. The van der Waals surface area contributed by atoms with E-state index < -0.39 is 0 Å². The summed E-state index contributed by atoms with van der Waals surface area (Å²) in [5, 5.41) is 3.74. The molecular weight excluding hydrogens is 310 g/mol. The first-order valence-corrected chi connectivity index (χ1v) is 8.59. The van der Waals surface area contributed by atoms with Crippen molar-refractivity contribution in [2.75, 3.05) is 5.75 Å². The van der Waals surface area contributed by atoms with Crippen LogP contribution in [0.4, 0.5) is 0 Å². The van der Waals surface area contributed by atoms with Crippen molar-refractivity contribution in [2.45, 2.75) is 31.6 Å². The molecular formula is C17H19N3O2S. The molecule has 0 aliphatic carbocycles. The molecule has 1 N–H and O–H groups in total. The monoisotopic (exact) mass is 329 g/mol. The Morgan fingerprint density at radius 2 is 2.13 bits per heavy atom. The van der Waals surface area contributed by atoms with E-state index in [4.69, 9.17) is 0 Å². The van der Waals surface area contributed by atoms with Crippen molar-refractivity contribution in [3.8, 4) is 0 Å². The highest BCUT2D eigenvalue weighted by molar-refractivity contribution is 7.99. The predicted molar refractivity (Wildman–Crippen MR) is 90.4 cm³/mol. The smallest absolute Gasteiger partial charge is 0.257 e. The lowest BCUT2D eigenvalue weighted by atomic mass is 10.1. The third-order valence-corrected chi connectivity index (χ3v) is 5.18. The number of benzene rings is 1. The fourth-order valence-corrected chi connectivity index (χ4v) is 3.66. The maximum atomic E-state index is 12.5. The summed E-state index contributed by atoms with van der Waals surface area (Å²) in [5.41, 5.74) is 1.61. The summed E-state index contributed by atoms with van der Waals surface area (Å²) < 4.78 is 1.61. The number of rotatable bonds is 3. The molecule has 6 heteroatoms. The Morgan fingerprint density at radius 3 is 2.87 bits per heavy atom. The number of nitrogens with one attached hydrogen (secondary N) is 1. The molecule has 0 bridgehead atoms. The van der Waals surface area contributed by atoms with Gasteiger partial charge >= 0.3 is 0 Å². The third kappa shape index (κ3) is 3.32. The highest BCUT2D eigenvalue weighted by atomic mass is 32.2. The lowest BCUT2D eigenvalue weighted by molar-refractivity contribution is -0.125. The highest BCUT2D eigenvalue weighted by Gasteiger charge is 2.27. The van der Waals surface area contributed by atoms with Crippen LogP contribution in [-0.2, 0) is 11.3 Å². The van der Waals surface area contributed by atoms with Crippen molar-refractivity contribution in [1.29, 1.82) is 0 Å². The van der Waals surface area contributed by atoms with Gasteiger partial charge in [-0.15, -0.1) is 0 Å². The standard InChI is InChI=1S/C17H19N3O2S/c1-11-8-18-17-20(16(11)22)9-14(10-23-17)15(21)19-12(2)13-6-4-3-5-7-13/h3-8,12,14H,9-10H2,1-2H3,(H,19,21)/t12-,14-/m1/s1. The first-order chi connectivity index (χ1) is 11.1. The van der Waals surface area contributed by atoms with Crippen LogP contribution in [0.3, 0.4) is 0 Å². The Balaban J connectivity index is 1.72. The van der Waals surface area contributed by atoms with Crippen molar-refractivity contribution < 1.29 is 4.79 Å². The van der Waals surface area contributed by atoms with Crippen LogP contribution >= 0.6 is 11.8 Å². The molecule has 0 saturated heterocycles. The first-order valence-electron chi connectivity index (χ1n) is 7.61. The van der Waals surface area contributed by atoms with E-state index in [0.717, 1.165) is 5.56 Å². The molecule has 0 fully saturated rings. The fraction of sp³-hybridized carbons (Fsp3) is 0.353. The predicted octanol–water partition coefficient (Wildman–Crippen LogP) is 2.15. The summed E-state index contributed by atoms with van der Waals surface area (Å²) in [6.07, 6.45) is 1.60. The van der Waals surface area contributed by atoms with Crippen LogP contribution < -0.4 is 10.9 Å². The normalized spacial score (nSPS) is 18.1. The molecule has 1 aromatic heterocycles. The van der Waals surface area contributed by atoms with E-state index in [1.807, 2.05) is 37.3 Å². The Bertz CT molecular complexity index is 773. The summed E-state index contributed by atoms with van der Waals surface area (Å²) in [4.78, 5) is 29.0. The van der Waals surface area contributed by atoms with Gasteiger partial charge in [-0.05, 0) is 19.4 Å². The Morgan fingerprint density at radius 1 is 1.39 bits per heavy atom. The molecule has 5 nitrogen and oxygen atoms in total. The van der Waals surface area contributed by atoms with Gasteiger partial charge in [0.25, 0.3) is 5.56 Å². The molecule has 0 saturated carbocycles. The minimum absolute atomic E-state index is 0.0205. The number of fused-ring (bicyclic) bond motifs is 1. The molecule has 0 unspecified atom stereocenters. The van der Waals surface area contributed by atoms with E-state index in [-0.39, 0.29) is 23.4 Å². The largest absolute Gasteiger partial charge is 0.349 e. The van der Waals surface area contributed by atoms with Gasteiger partial charge in [0.15, 0.2) is 5.16 Å². The SMILES string of the molecule is Cc1cnc2n(c1=O)C[C@@H](C(=O)N[C@H](C)c1ccccc1)CS2. The summed E-state index contributed by atoms with van der Waals surface area (Å²) in [6.45, 7) is 4.10. The van der Waals surface area contributed by atoms with Crippen LogP contribution in [0.15, 0.2) is 46.5 Å². The van der Waals surface area contributed by atoms with Gasteiger partial charge < -0.3 is 5.32 Å². The van der Waals surface area contributed by atoms with Crippen molar-refractivity contribution in [3.05, 3.63) is 58.0 Å². The van der Waals surface area contributed by atoms with Gasteiger partial charge in [0.2, 0.25) is 5.91 Å². The van der Waals surface area contributed by atoms with Gasteiger partial charge in [0.05, 0.1) is 12.0 Å². The number of hydrogen-bond donors (Lipinski definition) is 1. The summed E-state index contributed by atoms with van der Waals surface area (Å²) in [6, 6.07) is 9.80. The molecule has 1 aromatic carbocycles. The minimum Gasteiger partial charge on any atom is -0.349 e. The van der Waals surface area contributed by atoms with Crippen molar-refractivity contribution in [1.82, 2.24) is 14.9 Å². The first kappa shape index (κ1) is 15.8. The quantitative estimate of drug-likeness (QED) is 0.877. The number of aryl methyl sites for hydroxylation is 1. The summed E-state index contributed by atoms with van der Waals surface area (Å²) >= 11 is 1.46. The number of carbonyl (C=O) groups is 1. The lowest BCUT2D eigenvalue weighted by Crippen LogP contribution is -2.41. The minimum atomic E-state index is -0.222. The molecule has 0 radical (unpaired) electrons. The molecule has 2 aromatic rings. The van der Waals surface area contributed by atoms with E-state index in [2.05, 4.69) is 10.3 Å². The average molecular weight is 329 g/mol. The molecule has 1 amide bonds. The topological polar surface area (TPSA) is 64.0 Å². The summed E-state index contributed by atoms with van der Waals surface area (Å²) in [7, 11) is 0. The van der Waals surface area contributed by atoms with Crippen LogP contribution in [0.5, 0.6) is 0 Å². The van der Waals surface area contributed by atoms with Crippen LogP contribution in [0.1, 0.15) is 24.1 Å². The van der Waals surface area contributed by atoms with Gasteiger partial charge in [-0.3, -0.25) is 14.2 Å². The van der Waals surface area contributed by atoms with Crippen molar-refractivity contribution in [2.24, 2.45) is 5.92 Å². The van der Waals surface area contributed by atoms with E-state index in [9.17, 15) is 9.59 Å². The van der Waals surface area contributed by atoms with E-state index in [0.29, 0.717) is 23.0 Å². The molecule has 23 heavy (non-hydrogen) atoms. The van der Waals surface area contributed by atoms with E-state index in [1.165, 1.54) is 11.8 Å². The Hall–Kier alpha value is -2.08. The maximum Gasteiger partial charge on any atom is 0.257 e. The second kappa shape index (κ2) is 6.58. The van der Waals surface area contributed by atoms with E-state index in [1.54, 1.807) is 17.7 Å². The number of thioether (sulfide) groups is 1. The molecule has 1 aliphatic heterocycles. The van der Waals surface area contributed by atoms with Crippen molar-refractivity contribution in [3.63, 3.8) is 0 Å². The van der Waals surface area contributed by atoms with Crippen LogP contribution in [0, 0.1) is 12.8 Å². The van der Waals surface area contributed by atoms with Crippen LogP contribution in [-0.4, -0.2) is 21.2 Å². The van der Waals surface area contributed by atoms with Gasteiger partial charge in [0, 0.05) is 24.1 Å². The highest BCUT2D eigenvalue weighted by Crippen LogP contribution is 2.25. The van der Waals surface area contributed by atoms with Crippen LogP contribution in [0.25, 0.3) is 0 Å². The molecule has 2 heterocycles. The summed E-state index contributed by atoms with van der Waals surface area (Å²) in [5.74, 6) is 0.399. The van der Waals surface area contributed by atoms with Crippen molar-refractivity contribution >= 4 is 17.7 Å².